The van der Waals surface area contributed by atoms with E-state index in [1.54, 1.807) is 13.0 Å². The number of anilines is 1. The van der Waals surface area contributed by atoms with Crippen LogP contribution in [-0.4, -0.2) is 10.8 Å². The number of carbonyl (C=O) groups is 1. The summed E-state index contributed by atoms with van der Waals surface area (Å²) in [4.78, 5) is 21.6. The van der Waals surface area contributed by atoms with E-state index in [1.807, 2.05) is 13.8 Å². The number of nitro benzene ring substituents is 1. The number of hydrogen-bond donors (Lipinski definition) is 1. The molecule has 0 radical (unpaired) electrons. The smallest absolute Gasteiger partial charge is 0.273 e. The quantitative estimate of drug-likeness (QED) is 0.647. The summed E-state index contributed by atoms with van der Waals surface area (Å²) in [6, 6.07) is 3.18. The Balaban J connectivity index is 3.34. The second-order valence-corrected chi connectivity index (χ2v) is 4.32. The molecular weight excluding hydrogens is 220 g/mol. The van der Waals surface area contributed by atoms with Crippen molar-refractivity contribution in [3.63, 3.8) is 0 Å². The Morgan fingerprint density at radius 3 is 2.41 bits per heavy atom. The predicted octanol–water partition coefficient (Wildman–Crippen LogP) is 2.99. The fourth-order valence-electron chi connectivity index (χ4n) is 1.65. The van der Waals surface area contributed by atoms with Gasteiger partial charge in [-0.2, -0.15) is 0 Å². The summed E-state index contributed by atoms with van der Waals surface area (Å²) in [6.45, 7) is 6.92. The Labute approximate surface area is 100.0 Å². The van der Waals surface area contributed by atoms with E-state index >= 15 is 0 Å². The minimum atomic E-state index is -0.389. The summed E-state index contributed by atoms with van der Waals surface area (Å²) < 4.78 is 0. The van der Waals surface area contributed by atoms with E-state index in [0.29, 0.717) is 16.8 Å². The van der Waals surface area contributed by atoms with E-state index in [9.17, 15) is 14.9 Å². The first-order valence-electron chi connectivity index (χ1n) is 5.39. The van der Waals surface area contributed by atoms with Crippen LogP contribution < -0.4 is 5.32 Å². The molecule has 1 rings (SSSR count). The van der Waals surface area contributed by atoms with Crippen LogP contribution in [0.25, 0.3) is 0 Å². The van der Waals surface area contributed by atoms with Crippen molar-refractivity contribution < 1.29 is 9.72 Å². The number of benzene rings is 1. The van der Waals surface area contributed by atoms with Crippen LogP contribution in [0.2, 0.25) is 0 Å². The van der Waals surface area contributed by atoms with E-state index in [2.05, 4.69) is 5.32 Å². The van der Waals surface area contributed by atoms with E-state index in [0.717, 1.165) is 0 Å². The van der Waals surface area contributed by atoms with Crippen molar-refractivity contribution in [1.82, 2.24) is 0 Å². The molecule has 1 N–H and O–H groups in total. The van der Waals surface area contributed by atoms with Crippen molar-refractivity contribution in [2.24, 2.45) is 0 Å². The third-order valence-electron chi connectivity index (χ3n) is 2.50. The fraction of sp³-hybridized carbons (Fsp3) is 0.417. The van der Waals surface area contributed by atoms with Crippen molar-refractivity contribution in [1.29, 1.82) is 0 Å². The Morgan fingerprint density at radius 1 is 1.41 bits per heavy atom. The van der Waals surface area contributed by atoms with Gasteiger partial charge >= 0.3 is 0 Å². The van der Waals surface area contributed by atoms with Crippen LogP contribution in [0, 0.1) is 17.0 Å². The summed E-state index contributed by atoms with van der Waals surface area (Å²) >= 11 is 0. The topological polar surface area (TPSA) is 72.2 Å². The molecular formula is C12H16N2O3. The average Bonchev–Trinajstić information content (AvgIpc) is 2.19. The van der Waals surface area contributed by atoms with Gasteiger partial charge in [-0.15, -0.1) is 0 Å². The largest absolute Gasteiger partial charge is 0.326 e. The molecule has 0 heterocycles. The van der Waals surface area contributed by atoms with Crippen LogP contribution in [0.5, 0.6) is 0 Å². The molecule has 0 unspecified atom stereocenters. The minimum absolute atomic E-state index is 0.0310. The third-order valence-corrected chi connectivity index (χ3v) is 2.50. The second kappa shape index (κ2) is 4.95. The molecule has 1 aromatic carbocycles. The van der Waals surface area contributed by atoms with Gasteiger partial charge in [0.05, 0.1) is 4.92 Å². The fourth-order valence-corrected chi connectivity index (χ4v) is 1.65. The van der Waals surface area contributed by atoms with Crippen LogP contribution in [0.15, 0.2) is 12.1 Å². The number of nitrogens with zero attached hydrogens (tertiary/aromatic N) is 1. The molecule has 5 heteroatoms. The summed E-state index contributed by atoms with van der Waals surface area (Å²) in [7, 11) is 0. The standard InChI is InChI=1S/C12H16N2O3/c1-7(2)10-6-11(13-9(4)15)8(3)5-12(10)14(16)17/h5-7H,1-4H3,(H,13,15). The summed E-state index contributed by atoms with van der Waals surface area (Å²) in [5, 5.41) is 13.6. The highest BCUT2D eigenvalue weighted by Crippen LogP contribution is 2.31. The molecule has 1 amide bonds. The molecule has 0 atom stereocenters. The van der Waals surface area contributed by atoms with E-state index in [-0.39, 0.29) is 22.4 Å². The van der Waals surface area contributed by atoms with E-state index in [4.69, 9.17) is 0 Å². The van der Waals surface area contributed by atoms with Crippen LogP contribution >= 0.6 is 0 Å². The summed E-state index contributed by atoms with van der Waals surface area (Å²) in [6.07, 6.45) is 0. The molecule has 92 valence electrons. The molecule has 0 aliphatic heterocycles. The second-order valence-electron chi connectivity index (χ2n) is 4.32. The molecule has 0 saturated heterocycles. The van der Waals surface area contributed by atoms with Crippen molar-refractivity contribution >= 4 is 17.3 Å². The number of aryl methyl sites for hydroxylation is 1. The van der Waals surface area contributed by atoms with Gasteiger partial charge < -0.3 is 5.32 Å². The highest BCUT2D eigenvalue weighted by Gasteiger charge is 2.19. The average molecular weight is 236 g/mol. The molecule has 0 spiro atoms. The van der Waals surface area contributed by atoms with Crippen molar-refractivity contribution in [3.05, 3.63) is 33.4 Å². The van der Waals surface area contributed by atoms with Crippen LogP contribution in [0.1, 0.15) is 37.8 Å². The zero-order valence-electron chi connectivity index (χ0n) is 10.4. The number of nitrogens with one attached hydrogen (secondary N) is 1. The van der Waals surface area contributed by atoms with Gasteiger partial charge in [0.2, 0.25) is 5.91 Å². The monoisotopic (exact) mass is 236 g/mol. The highest BCUT2D eigenvalue weighted by atomic mass is 16.6. The zero-order chi connectivity index (χ0) is 13.2. The van der Waals surface area contributed by atoms with Gasteiger partial charge in [0.25, 0.3) is 5.69 Å². The van der Waals surface area contributed by atoms with Gasteiger partial charge in [0, 0.05) is 24.2 Å². The minimum Gasteiger partial charge on any atom is -0.326 e. The number of hydrogen-bond acceptors (Lipinski definition) is 3. The lowest BCUT2D eigenvalue weighted by atomic mass is 9.98. The predicted molar refractivity (Wildman–Crippen MR) is 66.2 cm³/mol. The summed E-state index contributed by atoms with van der Waals surface area (Å²) in [5.41, 5.74) is 2.05. The third kappa shape index (κ3) is 3.03. The van der Waals surface area contributed by atoms with Gasteiger partial charge in [-0.05, 0) is 24.5 Å². The first-order valence-corrected chi connectivity index (χ1v) is 5.39. The van der Waals surface area contributed by atoms with Crippen LogP contribution in [-0.2, 0) is 4.79 Å². The summed E-state index contributed by atoms with van der Waals surface area (Å²) in [5.74, 6) is -0.153. The van der Waals surface area contributed by atoms with E-state index in [1.165, 1.54) is 13.0 Å². The maximum absolute atomic E-state index is 11.0. The molecule has 0 aromatic heterocycles. The normalized spacial score (nSPS) is 10.4. The maximum atomic E-state index is 11.0. The molecule has 0 fully saturated rings. The van der Waals surface area contributed by atoms with Crippen LogP contribution in [0.4, 0.5) is 11.4 Å². The Kier molecular flexibility index (Phi) is 3.83. The Morgan fingerprint density at radius 2 is 2.00 bits per heavy atom. The molecule has 17 heavy (non-hydrogen) atoms. The maximum Gasteiger partial charge on any atom is 0.273 e. The number of carbonyl (C=O) groups excluding carboxylic acids is 1. The van der Waals surface area contributed by atoms with Gasteiger partial charge in [-0.25, -0.2) is 0 Å². The Hall–Kier alpha value is -1.91. The molecule has 0 bridgehead atoms. The van der Waals surface area contributed by atoms with Gasteiger partial charge in [0.1, 0.15) is 0 Å². The molecule has 1 aromatic rings. The molecule has 0 aliphatic rings. The lowest BCUT2D eigenvalue weighted by Crippen LogP contribution is -2.09. The van der Waals surface area contributed by atoms with E-state index < -0.39 is 0 Å². The van der Waals surface area contributed by atoms with Gasteiger partial charge in [-0.1, -0.05) is 13.8 Å². The SMILES string of the molecule is CC(=O)Nc1cc(C(C)C)c([N+](=O)[O-])cc1C. The highest BCUT2D eigenvalue weighted by molar-refractivity contribution is 5.90. The lowest BCUT2D eigenvalue weighted by molar-refractivity contribution is -0.385. The lowest BCUT2D eigenvalue weighted by Gasteiger charge is -2.12. The number of amides is 1. The first-order chi connectivity index (χ1) is 7.82. The first kappa shape index (κ1) is 13.2. The van der Waals surface area contributed by atoms with Gasteiger partial charge in [-0.3, -0.25) is 14.9 Å². The molecule has 5 nitrogen and oxygen atoms in total. The van der Waals surface area contributed by atoms with Crippen molar-refractivity contribution in [2.45, 2.75) is 33.6 Å². The van der Waals surface area contributed by atoms with Crippen LogP contribution in [0.3, 0.4) is 0 Å². The molecule has 0 saturated carbocycles. The Bertz CT molecular complexity index is 467. The van der Waals surface area contributed by atoms with Crippen molar-refractivity contribution in [3.8, 4) is 0 Å². The number of nitro groups is 1. The zero-order valence-corrected chi connectivity index (χ0v) is 10.4. The molecule has 0 aliphatic carbocycles. The van der Waals surface area contributed by atoms with Crippen molar-refractivity contribution in [2.75, 3.05) is 5.32 Å². The van der Waals surface area contributed by atoms with Gasteiger partial charge in [0.15, 0.2) is 0 Å². The number of rotatable bonds is 3.